The van der Waals surface area contributed by atoms with Crippen LogP contribution in [0.1, 0.15) is 35.8 Å². The molecule has 0 bridgehead atoms. The first-order chi connectivity index (χ1) is 13.6. The Hall–Kier alpha value is -2.12. The first kappa shape index (κ1) is 19.2. The minimum Gasteiger partial charge on any atom is -0.355 e. The molecule has 7 heteroatoms. The number of nitrogens with one attached hydrogen (secondary N) is 1. The highest BCUT2D eigenvalue weighted by molar-refractivity contribution is 7.99. The van der Waals surface area contributed by atoms with Crippen molar-refractivity contribution in [3.63, 3.8) is 0 Å². The standard InChI is InChI=1S/C21H23N3O2S2/c1-3-11-22-17(25)12-27-21-23-19-18(15-5-4-6-16(15)28-19)20(26)24(21)14-9-7-13(2)8-10-14/h7-10H,3-6,11-12H2,1-2H3,(H,22,25). The van der Waals surface area contributed by atoms with Gasteiger partial charge in [0.15, 0.2) is 5.16 Å². The molecule has 0 unspecified atom stereocenters. The molecule has 1 aliphatic rings. The summed E-state index contributed by atoms with van der Waals surface area (Å²) in [6, 6.07) is 7.87. The fraction of sp³-hybridized carbons (Fsp3) is 0.381. The summed E-state index contributed by atoms with van der Waals surface area (Å²) in [6.45, 7) is 4.70. The van der Waals surface area contributed by atoms with Crippen molar-refractivity contribution in [2.75, 3.05) is 12.3 Å². The average Bonchev–Trinajstić information content (AvgIpc) is 3.26. The molecule has 0 atom stereocenters. The Morgan fingerprint density at radius 1 is 1.29 bits per heavy atom. The Bertz CT molecular complexity index is 1080. The Kier molecular flexibility index (Phi) is 5.55. The smallest absolute Gasteiger partial charge is 0.267 e. The van der Waals surface area contributed by atoms with E-state index in [9.17, 15) is 9.59 Å². The van der Waals surface area contributed by atoms with Crippen LogP contribution in [0.3, 0.4) is 0 Å². The molecule has 3 aromatic rings. The molecule has 1 amide bonds. The van der Waals surface area contributed by atoms with Crippen LogP contribution in [0.5, 0.6) is 0 Å². The van der Waals surface area contributed by atoms with Crippen LogP contribution in [0, 0.1) is 6.92 Å². The zero-order valence-corrected chi connectivity index (χ0v) is 17.7. The Balaban J connectivity index is 1.80. The molecule has 2 heterocycles. The van der Waals surface area contributed by atoms with E-state index in [1.807, 2.05) is 38.1 Å². The van der Waals surface area contributed by atoms with Crippen molar-refractivity contribution in [1.29, 1.82) is 0 Å². The molecule has 1 N–H and O–H groups in total. The molecule has 0 fully saturated rings. The van der Waals surface area contributed by atoms with Gasteiger partial charge in [-0.3, -0.25) is 14.2 Å². The number of hydrogen-bond acceptors (Lipinski definition) is 5. The number of fused-ring (bicyclic) bond motifs is 3. The third kappa shape index (κ3) is 3.61. The van der Waals surface area contributed by atoms with Crippen molar-refractivity contribution in [2.24, 2.45) is 0 Å². The lowest BCUT2D eigenvalue weighted by molar-refractivity contribution is -0.118. The van der Waals surface area contributed by atoms with E-state index in [0.717, 1.165) is 47.2 Å². The average molecular weight is 414 g/mol. The highest BCUT2D eigenvalue weighted by Crippen LogP contribution is 2.36. The first-order valence-corrected chi connectivity index (χ1v) is 11.4. The van der Waals surface area contributed by atoms with E-state index in [0.29, 0.717) is 11.7 Å². The van der Waals surface area contributed by atoms with E-state index in [4.69, 9.17) is 4.98 Å². The molecular weight excluding hydrogens is 390 g/mol. The molecule has 146 valence electrons. The number of carbonyl (C=O) groups is 1. The fourth-order valence-corrected chi connectivity index (χ4v) is 5.63. The summed E-state index contributed by atoms with van der Waals surface area (Å²) in [5.41, 5.74) is 3.08. The predicted molar refractivity (Wildman–Crippen MR) is 116 cm³/mol. The molecule has 1 aromatic carbocycles. The van der Waals surface area contributed by atoms with Gasteiger partial charge < -0.3 is 5.32 Å². The summed E-state index contributed by atoms with van der Waals surface area (Å²) in [7, 11) is 0. The van der Waals surface area contributed by atoms with Gasteiger partial charge >= 0.3 is 0 Å². The summed E-state index contributed by atoms with van der Waals surface area (Å²) in [5.74, 6) is 0.208. The lowest BCUT2D eigenvalue weighted by atomic mass is 10.2. The van der Waals surface area contributed by atoms with Crippen LogP contribution in [-0.4, -0.2) is 27.8 Å². The molecule has 5 nitrogen and oxygen atoms in total. The molecule has 0 saturated heterocycles. The molecule has 0 aliphatic heterocycles. The van der Waals surface area contributed by atoms with Gasteiger partial charge in [0.1, 0.15) is 4.83 Å². The molecule has 0 saturated carbocycles. The maximum absolute atomic E-state index is 13.5. The van der Waals surface area contributed by atoms with Gasteiger partial charge in [0, 0.05) is 11.4 Å². The van der Waals surface area contributed by atoms with Crippen molar-refractivity contribution >= 4 is 39.2 Å². The van der Waals surface area contributed by atoms with Gasteiger partial charge in [-0.05, 0) is 50.3 Å². The number of nitrogens with zero attached hydrogens (tertiary/aromatic N) is 2. The van der Waals surface area contributed by atoms with Gasteiger partial charge in [-0.25, -0.2) is 4.98 Å². The lowest BCUT2D eigenvalue weighted by Crippen LogP contribution is -2.27. The van der Waals surface area contributed by atoms with Crippen LogP contribution in [0.25, 0.3) is 15.9 Å². The normalized spacial score (nSPS) is 13.1. The monoisotopic (exact) mass is 413 g/mol. The lowest BCUT2D eigenvalue weighted by Gasteiger charge is -2.13. The van der Waals surface area contributed by atoms with Gasteiger partial charge in [-0.15, -0.1) is 11.3 Å². The highest BCUT2D eigenvalue weighted by atomic mass is 32.2. The van der Waals surface area contributed by atoms with Crippen molar-refractivity contribution in [3.05, 3.63) is 50.6 Å². The van der Waals surface area contributed by atoms with E-state index < -0.39 is 0 Å². The van der Waals surface area contributed by atoms with Crippen molar-refractivity contribution < 1.29 is 4.79 Å². The number of rotatable bonds is 6. The zero-order valence-electron chi connectivity index (χ0n) is 16.1. The minimum atomic E-state index is -0.0367. The number of hydrogen-bond donors (Lipinski definition) is 1. The van der Waals surface area contributed by atoms with Crippen molar-refractivity contribution in [2.45, 2.75) is 44.7 Å². The van der Waals surface area contributed by atoms with E-state index in [2.05, 4.69) is 5.32 Å². The molecule has 0 spiro atoms. The van der Waals surface area contributed by atoms with Crippen LogP contribution in [0.15, 0.2) is 34.2 Å². The second-order valence-electron chi connectivity index (χ2n) is 7.05. The summed E-state index contributed by atoms with van der Waals surface area (Å²) < 4.78 is 1.67. The van der Waals surface area contributed by atoms with Gasteiger partial charge in [0.2, 0.25) is 5.91 Å². The quantitative estimate of drug-likeness (QED) is 0.492. The van der Waals surface area contributed by atoms with E-state index in [1.165, 1.54) is 22.2 Å². The fourth-order valence-electron chi connectivity index (χ4n) is 3.49. The number of carbonyl (C=O) groups excluding carboxylic acids is 1. The highest BCUT2D eigenvalue weighted by Gasteiger charge is 2.24. The van der Waals surface area contributed by atoms with Crippen molar-refractivity contribution in [3.8, 4) is 5.69 Å². The van der Waals surface area contributed by atoms with Gasteiger partial charge in [-0.1, -0.05) is 36.4 Å². The third-order valence-electron chi connectivity index (χ3n) is 4.90. The zero-order chi connectivity index (χ0) is 19.7. The van der Waals surface area contributed by atoms with Crippen LogP contribution in [-0.2, 0) is 17.6 Å². The number of thioether (sulfide) groups is 1. The number of benzene rings is 1. The molecule has 4 rings (SSSR count). The maximum atomic E-state index is 13.5. The van der Waals surface area contributed by atoms with Gasteiger partial charge in [0.25, 0.3) is 5.56 Å². The largest absolute Gasteiger partial charge is 0.355 e. The third-order valence-corrected chi connectivity index (χ3v) is 7.03. The van der Waals surface area contributed by atoms with Crippen LogP contribution in [0.4, 0.5) is 0 Å². The molecular formula is C21H23N3O2S2. The number of aromatic nitrogens is 2. The molecule has 1 aliphatic carbocycles. The van der Waals surface area contributed by atoms with E-state index in [-0.39, 0.29) is 17.2 Å². The van der Waals surface area contributed by atoms with Crippen LogP contribution >= 0.6 is 23.1 Å². The summed E-state index contributed by atoms with van der Waals surface area (Å²) in [5, 5.41) is 4.22. The maximum Gasteiger partial charge on any atom is 0.267 e. The Morgan fingerprint density at radius 2 is 2.07 bits per heavy atom. The van der Waals surface area contributed by atoms with E-state index in [1.54, 1.807) is 15.9 Å². The molecule has 2 aromatic heterocycles. The second kappa shape index (κ2) is 8.09. The summed E-state index contributed by atoms with van der Waals surface area (Å²) >= 11 is 2.95. The van der Waals surface area contributed by atoms with Crippen LogP contribution in [0.2, 0.25) is 0 Å². The first-order valence-electron chi connectivity index (χ1n) is 9.62. The number of thiophene rings is 1. The Morgan fingerprint density at radius 3 is 2.82 bits per heavy atom. The SMILES string of the molecule is CCCNC(=O)CSc1nc2sc3c(c2c(=O)n1-c1ccc(C)cc1)CCC3. The van der Waals surface area contributed by atoms with Crippen LogP contribution < -0.4 is 10.9 Å². The van der Waals surface area contributed by atoms with Gasteiger partial charge in [-0.2, -0.15) is 0 Å². The van der Waals surface area contributed by atoms with E-state index >= 15 is 0 Å². The number of aryl methyl sites for hydroxylation is 3. The summed E-state index contributed by atoms with van der Waals surface area (Å²) in [6.07, 6.45) is 3.99. The Labute approximate surface area is 172 Å². The summed E-state index contributed by atoms with van der Waals surface area (Å²) in [4.78, 5) is 32.5. The second-order valence-corrected chi connectivity index (χ2v) is 9.07. The topological polar surface area (TPSA) is 64.0 Å². The van der Waals surface area contributed by atoms with Gasteiger partial charge in [0.05, 0.1) is 16.8 Å². The minimum absolute atomic E-state index is 0.0234. The van der Waals surface area contributed by atoms with Crippen molar-refractivity contribution in [1.82, 2.24) is 14.9 Å². The molecule has 0 radical (unpaired) electrons. The molecule has 28 heavy (non-hydrogen) atoms. The predicted octanol–water partition coefficient (Wildman–Crippen LogP) is 3.86. The number of amides is 1.